The van der Waals surface area contributed by atoms with Crippen LogP contribution in [0.15, 0.2) is 16.3 Å². The number of nitrogens with zero attached hydrogens (tertiary/aromatic N) is 1. The predicted molar refractivity (Wildman–Crippen MR) is 77.5 cm³/mol. The number of nitrogens with two attached hydrogens (primary N) is 1. The van der Waals surface area contributed by atoms with Crippen molar-refractivity contribution in [3.63, 3.8) is 0 Å². The smallest absolute Gasteiger partial charge is 0.244 e. The van der Waals surface area contributed by atoms with Crippen LogP contribution in [-0.2, 0) is 16.6 Å². The van der Waals surface area contributed by atoms with Crippen molar-refractivity contribution in [1.29, 1.82) is 0 Å². The fraction of sp³-hybridized carbons (Fsp3) is 0.636. The molecule has 7 heteroatoms. The molecule has 1 fully saturated rings. The Hall–Kier alpha value is -0.0800. The van der Waals surface area contributed by atoms with Crippen LogP contribution in [0.5, 0.6) is 0 Å². The summed E-state index contributed by atoms with van der Waals surface area (Å²) in [6.45, 7) is 3.60. The normalized spacial score (nSPS) is 22.2. The van der Waals surface area contributed by atoms with E-state index in [1.165, 1.54) is 11.3 Å². The van der Waals surface area contributed by atoms with Crippen molar-refractivity contribution < 1.29 is 8.42 Å². The van der Waals surface area contributed by atoms with Gasteiger partial charge in [0.15, 0.2) is 0 Å². The molecule has 0 aromatic carbocycles. The first-order valence-corrected chi connectivity index (χ1v) is 9.34. The van der Waals surface area contributed by atoms with Gasteiger partial charge < -0.3 is 5.73 Å². The van der Waals surface area contributed by atoms with Crippen LogP contribution < -0.4 is 5.73 Å². The second-order valence-corrected chi connectivity index (χ2v) is 8.49. The van der Waals surface area contributed by atoms with Gasteiger partial charge in [-0.25, -0.2) is 8.42 Å². The Morgan fingerprint density at radius 1 is 1.56 bits per heavy atom. The van der Waals surface area contributed by atoms with Gasteiger partial charge in [-0.15, -0.1) is 11.3 Å². The van der Waals surface area contributed by atoms with Gasteiger partial charge in [-0.05, 0) is 17.9 Å². The SMILES string of the molecule is CCC1CN(S(=O)(=O)c2ccsc2CN)CCS1. The van der Waals surface area contributed by atoms with Crippen LogP contribution in [0, 0.1) is 0 Å². The lowest BCUT2D eigenvalue weighted by Gasteiger charge is -2.31. The molecule has 1 aliphatic rings. The third kappa shape index (κ3) is 2.75. The van der Waals surface area contributed by atoms with Crippen molar-refractivity contribution in [2.24, 2.45) is 5.73 Å². The average molecular weight is 306 g/mol. The zero-order chi connectivity index (χ0) is 13.2. The second-order valence-electron chi connectivity index (χ2n) is 4.18. The fourth-order valence-corrected chi connectivity index (χ4v) is 6.19. The molecule has 4 nitrogen and oxygen atoms in total. The first-order valence-electron chi connectivity index (χ1n) is 5.97. The van der Waals surface area contributed by atoms with Gasteiger partial charge in [-0.2, -0.15) is 16.1 Å². The summed E-state index contributed by atoms with van der Waals surface area (Å²) >= 11 is 3.27. The summed E-state index contributed by atoms with van der Waals surface area (Å²) in [5.74, 6) is 0.875. The van der Waals surface area contributed by atoms with Crippen LogP contribution in [0.4, 0.5) is 0 Å². The third-order valence-electron chi connectivity index (χ3n) is 3.06. The van der Waals surface area contributed by atoms with Gasteiger partial charge in [0.25, 0.3) is 0 Å². The minimum absolute atomic E-state index is 0.284. The third-order valence-corrected chi connectivity index (χ3v) is 7.46. The number of hydrogen-bond acceptors (Lipinski definition) is 5. The van der Waals surface area contributed by atoms with Crippen LogP contribution in [0.3, 0.4) is 0 Å². The van der Waals surface area contributed by atoms with Crippen LogP contribution in [-0.4, -0.2) is 36.8 Å². The minimum Gasteiger partial charge on any atom is -0.326 e. The van der Waals surface area contributed by atoms with E-state index in [-0.39, 0.29) is 6.54 Å². The fourth-order valence-electron chi connectivity index (χ4n) is 2.00. The molecule has 0 spiro atoms. The molecule has 0 radical (unpaired) electrons. The maximum absolute atomic E-state index is 12.6. The van der Waals surface area contributed by atoms with Crippen molar-refractivity contribution >= 4 is 33.1 Å². The van der Waals surface area contributed by atoms with E-state index < -0.39 is 10.0 Å². The average Bonchev–Trinajstić information content (AvgIpc) is 2.88. The molecule has 2 rings (SSSR count). The van der Waals surface area contributed by atoms with Crippen LogP contribution >= 0.6 is 23.1 Å². The van der Waals surface area contributed by atoms with Crippen molar-refractivity contribution in [1.82, 2.24) is 4.31 Å². The Balaban J connectivity index is 2.25. The number of thioether (sulfide) groups is 1. The topological polar surface area (TPSA) is 63.4 Å². The van der Waals surface area contributed by atoms with Gasteiger partial charge in [0.1, 0.15) is 0 Å². The van der Waals surface area contributed by atoms with Crippen LogP contribution in [0.25, 0.3) is 0 Å². The van der Waals surface area contributed by atoms with E-state index in [0.29, 0.717) is 23.2 Å². The van der Waals surface area contributed by atoms with E-state index in [4.69, 9.17) is 5.73 Å². The van der Waals surface area contributed by atoms with Crippen molar-refractivity contribution in [3.8, 4) is 0 Å². The maximum Gasteiger partial charge on any atom is 0.244 e. The quantitative estimate of drug-likeness (QED) is 0.920. The second kappa shape index (κ2) is 5.92. The zero-order valence-corrected chi connectivity index (χ0v) is 12.8. The highest BCUT2D eigenvalue weighted by Crippen LogP contribution is 2.29. The van der Waals surface area contributed by atoms with Gasteiger partial charge in [0, 0.05) is 35.5 Å². The predicted octanol–water partition coefficient (Wildman–Crippen LogP) is 1.72. The summed E-state index contributed by atoms with van der Waals surface area (Å²) in [5, 5.41) is 2.21. The molecule has 1 aromatic rings. The van der Waals surface area contributed by atoms with Gasteiger partial charge in [-0.3, -0.25) is 0 Å². The monoisotopic (exact) mass is 306 g/mol. The molecule has 0 saturated carbocycles. The summed E-state index contributed by atoms with van der Waals surface area (Å²) < 4.78 is 26.7. The first kappa shape index (κ1) is 14.3. The lowest BCUT2D eigenvalue weighted by Crippen LogP contribution is -2.41. The van der Waals surface area contributed by atoms with E-state index in [2.05, 4.69) is 6.92 Å². The first-order chi connectivity index (χ1) is 8.59. The molecule has 2 N–H and O–H groups in total. The Morgan fingerprint density at radius 2 is 2.33 bits per heavy atom. The molecule has 102 valence electrons. The summed E-state index contributed by atoms with van der Waals surface area (Å²) in [6, 6.07) is 1.67. The van der Waals surface area contributed by atoms with Gasteiger partial charge >= 0.3 is 0 Å². The highest BCUT2D eigenvalue weighted by atomic mass is 32.2. The van der Waals surface area contributed by atoms with Crippen LogP contribution in [0.1, 0.15) is 18.2 Å². The Labute approximate surface area is 117 Å². The molecule has 1 atom stereocenters. The van der Waals surface area contributed by atoms with Gasteiger partial charge in [-0.1, -0.05) is 6.92 Å². The van der Waals surface area contributed by atoms with Crippen molar-refractivity contribution in [2.45, 2.75) is 30.0 Å². The number of sulfonamides is 1. The van der Waals surface area contributed by atoms with E-state index in [1.807, 2.05) is 11.8 Å². The molecule has 1 aromatic heterocycles. The van der Waals surface area contributed by atoms with Gasteiger partial charge in [0.05, 0.1) is 4.90 Å². The molecule has 2 heterocycles. The molecule has 0 aliphatic carbocycles. The highest BCUT2D eigenvalue weighted by molar-refractivity contribution is 8.00. The van der Waals surface area contributed by atoms with E-state index in [9.17, 15) is 8.42 Å². The lowest BCUT2D eigenvalue weighted by atomic mass is 10.3. The molecular weight excluding hydrogens is 288 g/mol. The Morgan fingerprint density at radius 3 is 3.00 bits per heavy atom. The molecule has 0 bridgehead atoms. The standard InChI is InChI=1S/C11H18N2O2S3/c1-2-9-8-13(4-6-16-9)18(14,15)11-3-5-17-10(11)7-12/h3,5,9H,2,4,6-8,12H2,1H3. The molecule has 1 unspecified atom stereocenters. The molecular formula is C11H18N2O2S3. The molecule has 0 amide bonds. The molecule has 1 saturated heterocycles. The largest absolute Gasteiger partial charge is 0.326 e. The van der Waals surface area contributed by atoms with Crippen LogP contribution in [0.2, 0.25) is 0 Å². The summed E-state index contributed by atoms with van der Waals surface area (Å²) in [7, 11) is -3.35. The number of rotatable bonds is 4. The van der Waals surface area contributed by atoms with E-state index in [1.54, 1.807) is 15.8 Å². The minimum atomic E-state index is -3.35. The van der Waals surface area contributed by atoms with E-state index in [0.717, 1.165) is 17.1 Å². The molecule has 1 aliphatic heterocycles. The maximum atomic E-state index is 12.6. The van der Waals surface area contributed by atoms with E-state index >= 15 is 0 Å². The summed E-state index contributed by atoms with van der Waals surface area (Å²) in [5.41, 5.74) is 5.60. The summed E-state index contributed by atoms with van der Waals surface area (Å²) in [4.78, 5) is 1.15. The lowest BCUT2D eigenvalue weighted by molar-refractivity contribution is 0.416. The Bertz CT molecular complexity index is 498. The zero-order valence-electron chi connectivity index (χ0n) is 10.3. The number of thiophene rings is 1. The Kier molecular flexibility index (Phi) is 4.71. The summed E-state index contributed by atoms with van der Waals surface area (Å²) in [6.07, 6.45) is 1.00. The van der Waals surface area contributed by atoms with Crippen molar-refractivity contribution in [3.05, 3.63) is 16.3 Å². The van der Waals surface area contributed by atoms with Crippen molar-refractivity contribution in [2.75, 3.05) is 18.8 Å². The molecule has 18 heavy (non-hydrogen) atoms. The highest BCUT2D eigenvalue weighted by Gasteiger charge is 2.31. The number of hydrogen-bond donors (Lipinski definition) is 1. The van der Waals surface area contributed by atoms with Gasteiger partial charge in [0.2, 0.25) is 10.0 Å².